The van der Waals surface area contributed by atoms with Crippen LogP contribution >= 0.6 is 24.0 Å². The molecule has 0 amide bonds. The van der Waals surface area contributed by atoms with E-state index in [2.05, 4.69) is 29.1 Å². The maximum Gasteiger partial charge on any atom is 0.341 e. The van der Waals surface area contributed by atoms with Crippen molar-refractivity contribution in [3.63, 3.8) is 0 Å². The molecule has 0 atom stereocenters. The molecule has 142 valence electrons. The molecule has 2 rings (SSSR count). The topological polar surface area (TPSA) is 75.1 Å². The first-order valence-corrected chi connectivity index (χ1v) is 8.79. The number of rotatable bonds is 7. The minimum absolute atomic E-state index is 0. The van der Waals surface area contributed by atoms with Crippen molar-refractivity contribution < 1.29 is 9.90 Å². The van der Waals surface area contributed by atoms with Gasteiger partial charge in [-0.1, -0.05) is 39.3 Å². The van der Waals surface area contributed by atoms with Gasteiger partial charge in [0.05, 0.1) is 5.69 Å². The third kappa shape index (κ3) is 5.85. The van der Waals surface area contributed by atoms with Crippen LogP contribution in [0.2, 0.25) is 5.02 Å². The van der Waals surface area contributed by atoms with Crippen LogP contribution in [0.15, 0.2) is 24.3 Å². The van der Waals surface area contributed by atoms with Crippen LogP contribution in [-0.2, 0) is 6.42 Å². The summed E-state index contributed by atoms with van der Waals surface area (Å²) in [5, 5.41) is 13.5. The average Bonchev–Trinajstić information content (AvgIpc) is 2.52. The number of anilines is 1. The Hall–Kier alpha value is -1.85. The Kier molecular flexibility index (Phi) is 8.31. The van der Waals surface area contributed by atoms with E-state index >= 15 is 0 Å². The highest BCUT2D eigenvalue weighted by Gasteiger charge is 2.21. The predicted octanol–water partition coefficient (Wildman–Crippen LogP) is 5.18. The molecule has 0 saturated heterocycles. The van der Waals surface area contributed by atoms with Gasteiger partial charge in [-0.15, -0.1) is 12.4 Å². The Labute approximate surface area is 165 Å². The number of nitrogens with one attached hydrogen (secondary N) is 1. The third-order valence-corrected chi connectivity index (χ3v) is 3.83. The second kappa shape index (κ2) is 9.74. The van der Waals surface area contributed by atoms with Gasteiger partial charge in [0, 0.05) is 17.1 Å². The first kappa shape index (κ1) is 22.2. The van der Waals surface area contributed by atoms with E-state index in [-0.39, 0.29) is 23.9 Å². The van der Waals surface area contributed by atoms with Crippen LogP contribution in [0, 0.1) is 11.8 Å². The van der Waals surface area contributed by atoms with Gasteiger partial charge in [-0.2, -0.15) is 0 Å². The van der Waals surface area contributed by atoms with Crippen molar-refractivity contribution in [2.24, 2.45) is 11.8 Å². The molecule has 1 aromatic carbocycles. The SMILES string of the molecule is CC(C)CNc1nc(-c2ccc(Cl)cc2)nc(CC(C)C)c1C(=O)O.Cl. The van der Waals surface area contributed by atoms with Gasteiger partial charge < -0.3 is 10.4 Å². The lowest BCUT2D eigenvalue weighted by molar-refractivity contribution is 0.0695. The largest absolute Gasteiger partial charge is 0.477 e. The molecule has 0 spiro atoms. The molecule has 0 aliphatic rings. The third-order valence-electron chi connectivity index (χ3n) is 3.58. The monoisotopic (exact) mass is 397 g/mol. The zero-order chi connectivity index (χ0) is 18.6. The van der Waals surface area contributed by atoms with Crippen LogP contribution in [0.4, 0.5) is 5.82 Å². The van der Waals surface area contributed by atoms with E-state index in [4.69, 9.17) is 11.6 Å². The smallest absolute Gasteiger partial charge is 0.341 e. The summed E-state index contributed by atoms with van der Waals surface area (Å²) in [6.07, 6.45) is 0.571. The van der Waals surface area contributed by atoms with E-state index in [0.717, 1.165) is 5.56 Å². The summed E-state index contributed by atoms with van der Waals surface area (Å²) in [6, 6.07) is 7.22. The molecule has 0 aliphatic heterocycles. The fraction of sp³-hybridized carbons (Fsp3) is 0.421. The van der Waals surface area contributed by atoms with Crippen molar-refractivity contribution in [2.45, 2.75) is 34.1 Å². The molecule has 1 heterocycles. The highest BCUT2D eigenvalue weighted by atomic mass is 35.5. The Morgan fingerprint density at radius 2 is 1.73 bits per heavy atom. The summed E-state index contributed by atoms with van der Waals surface area (Å²) in [4.78, 5) is 20.9. The summed E-state index contributed by atoms with van der Waals surface area (Å²) in [6.45, 7) is 8.83. The summed E-state index contributed by atoms with van der Waals surface area (Å²) in [5.41, 5.74) is 1.51. The van der Waals surface area contributed by atoms with E-state index in [1.165, 1.54) is 0 Å². The minimum atomic E-state index is -1.01. The van der Waals surface area contributed by atoms with E-state index in [0.29, 0.717) is 41.2 Å². The molecule has 2 aromatic rings. The number of aromatic carboxylic acids is 1. The maximum atomic E-state index is 11.8. The zero-order valence-corrected chi connectivity index (χ0v) is 17.0. The van der Waals surface area contributed by atoms with Crippen molar-refractivity contribution in [1.82, 2.24) is 9.97 Å². The van der Waals surface area contributed by atoms with Crippen LogP contribution in [0.5, 0.6) is 0 Å². The molecular formula is C19H25Cl2N3O2. The Morgan fingerprint density at radius 3 is 2.23 bits per heavy atom. The van der Waals surface area contributed by atoms with E-state index in [1.807, 2.05) is 26.0 Å². The van der Waals surface area contributed by atoms with Crippen molar-refractivity contribution in [3.05, 3.63) is 40.5 Å². The van der Waals surface area contributed by atoms with Crippen LogP contribution in [0.3, 0.4) is 0 Å². The molecule has 0 fully saturated rings. The van der Waals surface area contributed by atoms with Gasteiger partial charge in [0.15, 0.2) is 5.82 Å². The second-order valence-electron chi connectivity index (χ2n) is 6.90. The number of aromatic nitrogens is 2. The van der Waals surface area contributed by atoms with E-state index < -0.39 is 5.97 Å². The zero-order valence-electron chi connectivity index (χ0n) is 15.4. The molecule has 0 saturated carbocycles. The number of benzene rings is 1. The Balaban J connectivity index is 0.00000338. The van der Waals surface area contributed by atoms with Crippen LogP contribution in [-0.4, -0.2) is 27.6 Å². The van der Waals surface area contributed by atoms with Crippen LogP contribution in [0.1, 0.15) is 43.7 Å². The molecular weight excluding hydrogens is 373 g/mol. The molecule has 1 aromatic heterocycles. The first-order valence-electron chi connectivity index (χ1n) is 8.42. The number of carboxylic acids is 1. The van der Waals surface area contributed by atoms with Crippen LogP contribution in [0.25, 0.3) is 11.4 Å². The molecule has 0 bridgehead atoms. The normalized spacial score (nSPS) is 10.7. The predicted molar refractivity (Wildman–Crippen MR) is 109 cm³/mol. The lowest BCUT2D eigenvalue weighted by atomic mass is 10.0. The van der Waals surface area contributed by atoms with Crippen molar-refractivity contribution >= 4 is 35.8 Å². The number of halogens is 2. The van der Waals surface area contributed by atoms with E-state index in [9.17, 15) is 9.90 Å². The van der Waals surface area contributed by atoms with Gasteiger partial charge >= 0.3 is 5.97 Å². The van der Waals surface area contributed by atoms with Gasteiger partial charge in [-0.25, -0.2) is 14.8 Å². The van der Waals surface area contributed by atoms with Gasteiger partial charge in [0.1, 0.15) is 11.4 Å². The van der Waals surface area contributed by atoms with Crippen molar-refractivity contribution in [1.29, 1.82) is 0 Å². The molecule has 2 N–H and O–H groups in total. The fourth-order valence-corrected chi connectivity index (χ4v) is 2.55. The summed E-state index contributed by atoms with van der Waals surface area (Å²) in [5.74, 6) is 0.512. The summed E-state index contributed by atoms with van der Waals surface area (Å²) >= 11 is 5.95. The number of hydrogen-bond acceptors (Lipinski definition) is 4. The second-order valence-corrected chi connectivity index (χ2v) is 7.34. The number of carboxylic acid groups (broad SMARTS) is 1. The van der Waals surface area contributed by atoms with Gasteiger partial charge in [0.25, 0.3) is 0 Å². The lowest BCUT2D eigenvalue weighted by Crippen LogP contribution is -2.18. The molecule has 0 radical (unpaired) electrons. The first-order chi connectivity index (χ1) is 11.8. The fourth-order valence-electron chi connectivity index (χ4n) is 2.42. The highest BCUT2D eigenvalue weighted by molar-refractivity contribution is 6.30. The number of carbonyl (C=O) groups is 1. The maximum absolute atomic E-state index is 11.8. The summed E-state index contributed by atoms with van der Waals surface area (Å²) in [7, 11) is 0. The lowest BCUT2D eigenvalue weighted by Gasteiger charge is -2.16. The molecule has 7 heteroatoms. The average molecular weight is 398 g/mol. The molecule has 26 heavy (non-hydrogen) atoms. The van der Waals surface area contributed by atoms with Crippen molar-refractivity contribution in [3.8, 4) is 11.4 Å². The highest BCUT2D eigenvalue weighted by Crippen LogP contribution is 2.26. The van der Waals surface area contributed by atoms with Gasteiger partial charge in [-0.05, 0) is 42.5 Å². The molecule has 0 unspecified atom stereocenters. The standard InChI is InChI=1S/C19H24ClN3O2.ClH/c1-11(2)9-15-16(19(24)25)18(21-10-12(3)4)23-17(22-15)13-5-7-14(20)8-6-13;/h5-8,11-12H,9-10H2,1-4H3,(H,24,25)(H,21,22,23);1H. The quantitative estimate of drug-likeness (QED) is 0.672. The van der Waals surface area contributed by atoms with Crippen LogP contribution < -0.4 is 5.32 Å². The van der Waals surface area contributed by atoms with Gasteiger partial charge in [-0.3, -0.25) is 0 Å². The number of nitrogens with zero attached hydrogens (tertiary/aromatic N) is 2. The van der Waals surface area contributed by atoms with E-state index in [1.54, 1.807) is 12.1 Å². The summed E-state index contributed by atoms with van der Waals surface area (Å²) < 4.78 is 0. The molecule has 5 nitrogen and oxygen atoms in total. The molecule has 0 aliphatic carbocycles. The van der Waals surface area contributed by atoms with Crippen molar-refractivity contribution in [2.75, 3.05) is 11.9 Å². The Bertz CT molecular complexity index is 747. The minimum Gasteiger partial charge on any atom is -0.477 e. The van der Waals surface area contributed by atoms with Gasteiger partial charge in [0.2, 0.25) is 0 Å². The Morgan fingerprint density at radius 1 is 1.12 bits per heavy atom. The number of hydrogen-bond donors (Lipinski definition) is 2.